The lowest BCUT2D eigenvalue weighted by Gasteiger charge is -2.14. The quantitative estimate of drug-likeness (QED) is 0.809. The molecule has 108 valence electrons. The lowest BCUT2D eigenvalue weighted by Crippen LogP contribution is -2.16. The van der Waals surface area contributed by atoms with Gasteiger partial charge in [-0.3, -0.25) is 0 Å². The predicted molar refractivity (Wildman–Crippen MR) is 74.1 cm³/mol. The normalized spacial score (nSPS) is 18.4. The molecule has 0 saturated carbocycles. The van der Waals surface area contributed by atoms with Gasteiger partial charge in [-0.2, -0.15) is 0 Å². The van der Waals surface area contributed by atoms with E-state index in [1.165, 1.54) is 6.08 Å². The molecule has 1 aromatic rings. The molecule has 1 aliphatic rings. The van der Waals surface area contributed by atoms with E-state index < -0.39 is 5.97 Å². The molecular formula is C15H18O5. The first-order valence-electron chi connectivity index (χ1n) is 6.52. The van der Waals surface area contributed by atoms with Gasteiger partial charge in [0, 0.05) is 24.3 Å². The summed E-state index contributed by atoms with van der Waals surface area (Å²) < 4.78 is 16.4. The fourth-order valence-corrected chi connectivity index (χ4v) is 2.02. The number of benzene rings is 1. The maximum Gasteiger partial charge on any atom is 0.328 e. The van der Waals surface area contributed by atoms with Crippen molar-refractivity contribution in [2.24, 2.45) is 0 Å². The van der Waals surface area contributed by atoms with Crippen molar-refractivity contribution in [3.05, 3.63) is 29.8 Å². The second kappa shape index (κ2) is 6.96. The van der Waals surface area contributed by atoms with Gasteiger partial charge in [0.15, 0.2) is 0 Å². The van der Waals surface area contributed by atoms with Gasteiger partial charge in [0.2, 0.25) is 0 Å². The Morgan fingerprint density at radius 1 is 1.55 bits per heavy atom. The zero-order chi connectivity index (χ0) is 14.4. The Balaban J connectivity index is 2.11. The molecule has 1 N–H and O–H groups in total. The van der Waals surface area contributed by atoms with Gasteiger partial charge in [0.1, 0.15) is 18.1 Å². The number of hydrogen-bond donors (Lipinski definition) is 1. The molecule has 0 aromatic heterocycles. The van der Waals surface area contributed by atoms with Crippen LogP contribution < -0.4 is 9.47 Å². The summed E-state index contributed by atoms with van der Waals surface area (Å²) in [5.41, 5.74) is 0.700. The second-order valence-electron chi connectivity index (χ2n) is 4.52. The Hall–Kier alpha value is -2.01. The Morgan fingerprint density at radius 2 is 2.40 bits per heavy atom. The van der Waals surface area contributed by atoms with E-state index in [1.807, 2.05) is 0 Å². The number of carboxylic acids is 1. The van der Waals surface area contributed by atoms with Crippen LogP contribution >= 0.6 is 0 Å². The van der Waals surface area contributed by atoms with Crippen LogP contribution in [0.1, 0.15) is 18.4 Å². The van der Waals surface area contributed by atoms with Crippen molar-refractivity contribution in [1.29, 1.82) is 0 Å². The smallest absolute Gasteiger partial charge is 0.328 e. The van der Waals surface area contributed by atoms with Crippen LogP contribution in [-0.4, -0.2) is 37.5 Å². The number of carbonyl (C=O) groups is 1. The van der Waals surface area contributed by atoms with Crippen LogP contribution in [0.4, 0.5) is 0 Å². The number of aliphatic carboxylic acids is 1. The molecule has 20 heavy (non-hydrogen) atoms. The van der Waals surface area contributed by atoms with Gasteiger partial charge in [-0.1, -0.05) is 0 Å². The Morgan fingerprint density at radius 3 is 3.05 bits per heavy atom. The van der Waals surface area contributed by atoms with E-state index in [-0.39, 0.29) is 6.10 Å². The Labute approximate surface area is 117 Å². The fourth-order valence-electron chi connectivity index (χ4n) is 2.02. The highest BCUT2D eigenvalue weighted by Gasteiger charge is 2.16. The topological polar surface area (TPSA) is 65.0 Å². The molecule has 0 radical (unpaired) electrons. The van der Waals surface area contributed by atoms with Crippen molar-refractivity contribution >= 4 is 12.0 Å². The van der Waals surface area contributed by atoms with Crippen molar-refractivity contribution in [3.63, 3.8) is 0 Å². The van der Waals surface area contributed by atoms with Crippen molar-refractivity contribution in [3.8, 4) is 11.5 Å². The summed E-state index contributed by atoms with van der Waals surface area (Å²) in [6, 6.07) is 5.28. The summed E-state index contributed by atoms with van der Waals surface area (Å²) in [4.78, 5) is 10.6. The first-order valence-corrected chi connectivity index (χ1v) is 6.52. The minimum absolute atomic E-state index is 0.109. The fraction of sp³-hybridized carbons (Fsp3) is 0.400. The van der Waals surface area contributed by atoms with E-state index in [0.29, 0.717) is 23.7 Å². The molecule has 1 saturated heterocycles. The van der Waals surface area contributed by atoms with E-state index >= 15 is 0 Å². The Kier molecular flexibility index (Phi) is 5.01. The minimum atomic E-state index is -0.995. The molecule has 0 bridgehead atoms. The molecule has 0 amide bonds. The molecule has 1 unspecified atom stereocenters. The van der Waals surface area contributed by atoms with Crippen molar-refractivity contribution in [1.82, 2.24) is 0 Å². The molecule has 2 rings (SSSR count). The number of methoxy groups -OCH3 is 1. The van der Waals surface area contributed by atoms with E-state index in [1.54, 1.807) is 25.3 Å². The van der Waals surface area contributed by atoms with Crippen molar-refractivity contribution < 1.29 is 24.1 Å². The summed E-state index contributed by atoms with van der Waals surface area (Å²) in [5, 5.41) is 8.70. The van der Waals surface area contributed by atoms with E-state index in [2.05, 4.69) is 0 Å². The van der Waals surface area contributed by atoms with Crippen LogP contribution in [0.2, 0.25) is 0 Å². The van der Waals surface area contributed by atoms with Gasteiger partial charge in [-0.05, 0) is 31.1 Å². The van der Waals surface area contributed by atoms with E-state index in [4.69, 9.17) is 19.3 Å². The highest BCUT2D eigenvalue weighted by Crippen LogP contribution is 2.27. The number of carboxylic acid groups (broad SMARTS) is 1. The molecule has 1 heterocycles. The average Bonchev–Trinajstić information content (AvgIpc) is 2.96. The summed E-state index contributed by atoms with van der Waals surface area (Å²) in [6.45, 7) is 1.24. The van der Waals surface area contributed by atoms with Crippen molar-refractivity contribution in [2.75, 3.05) is 20.3 Å². The van der Waals surface area contributed by atoms with Crippen LogP contribution in [0.25, 0.3) is 6.08 Å². The summed E-state index contributed by atoms with van der Waals surface area (Å²) in [5.74, 6) is 0.267. The van der Waals surface area contributed by atoms with E-state index in [0.717, 1.165) is 25.5 Å². The molecular weight excluding hydrogens is 260 g/mol. The standard InChI is InChI=1S/C15H18O5/c1-18-12-6-4-11(5-7-15(16)17)14(9-12)20-10-13-3-2-8-19-13/h4-7,9,13H,2-3,8,10H2,1H3,(H,16,17). The third kappa shape index (κ3) is 3.99. The van der Waals surface area contributed by atoms with Gasteiger partial charge >= 0.3 is 5.97 Å². The van der Waals surface area contributed by atoms with E-state index in [9.17, 15) is 4.79 Å². The largest absolute Gasteiger partial charge is 0.497 e. The van der Waals surface area contributed by atoms with Gasteiger partial charge in [0.25, 0.3) is 0 Å². The van der Waals surface area contributed by atoms with Crippen LogP contribution in [0, 0.1) is 0 Å². The second-order valence-corrected chi connectivity index (χ2v) is 4.52. The number of hydrogen-bond acceptors (Lipinski definition) is 4. The molecule has 5 nitrogen and oxygen atoms in total. The lowest BCUT2D eigenvalue weighted by molar-refractivity contribution is -0.131. The maximum atomic E-state index is 10.6. The number of rotatable bonds is 6. The van der Waals surface area contributed by atoms with Gasteiger partial charge in [-0.25, -0.2) is 4.79 Å². The highest BCUT2D eigenvalue weighted by molar-refractivity contribution is 5.86. The van der Waals surface area contributed by atoms with Crippen molar-refractivity contribution in [2.45, 2.75) is 18.9 Å². The monoisotopic (exact) mass is 278 g/mol. The molecule has 0 aliphatic carbocycles. The van der Waals surface area contributed by atoms with Gasteiger partial charge in [0.05, 0.1) is 13.2 Å². The lowest BCUT2D eigenvalue weighted by atomic mass is 10.1. The van der Waals surface area contributed by atoms with Crippen LogP contribution in [0.5, 0.6) is 11.5 Å². The third-order valence-electron chi connectivity index (χ3n) is 3.07. The zero-order valence-electron chi connectivity index (χ0n) is 11.4. The van der Waals surface area contributed by atoms with Gasteiger partial charge in [-0.15, -0.1) is 0 Å². The maximum absolute atomic E-state index is 10.6. The summed E-state index contributed by atoms with van der Waals surface area (Å²) in [6.07, 6.45) is 4.74. The van der Waals surface area contributed by atoms with Gasteiger partial charge < -0.3 is 19.3 Å². The average molecular weight is 278 g/mol. The molecule has 0 spiro atoms. The van der Waals surface area contributed by atoms with Crippen LogP contribution in [0.3, 0.4) is 0 Å². The van der Waals surface area contributed by atoms with Crippen LogP contribution in [-0.2, 0) is 9.53 Å². The molecule has 1 aromatic carbocycles. The first kappa shape index (κ1) is 14.4. The molecule has 5 heteroatoms. The molecule has 1 atom stereocenters. The molecule has 1 fully saturated rings. The SMILES string of the molecule is COc1ccc(C=CC(=O)O)c(OCC2CCCO2)c1. The number of ether oxygens (including phenoxy) is 3. The highest BCUT2D eigenvalue weighted by atomic mass is 16.5. The first-order chi connectivity index (χ1) is 9.69. The Bertz CT molecular complexity index is 489. The summed E-state index contributed by atoms with van der Waals surface area (Å²) >= 11 is 0. The third-order valence-corrected chi connectivity index (χ3v) is 3.07. The predicted octanol–water partition coefficient (Wildman–Crippen LogP) is 2.35. The minimum Gasteiger partial charge on any atom is -0.497 e. The van der Waals surface area contributed by atoms with Crippen LogP contribution in [0.15, 0.2) is 24.3 Å². The summed E-state index contributed by atoms with van der Waals surface area (Å²) in [7, 11) is 1.58. The zero-order valence-corrected chi connectivity index (χ0v) is 11.4. The molecule has 1 aliphatic heterocycles.